The second-order valence-electron chi connectivity index (χ2n) is 7.04. The maximum atomic E-state index is 11.9. The lowest BCUT2D eigenvalue weighted by Gasteiger charge is -2.19. The number of carbonyl (C=O) groups excluding carboxylic acids is 1. The van der Waals surface area contributed by atoms with Gasteiger partial charge in [0, 0.05) is 12.1 Å². The number of hydrogen-bond acceptors (Lipinski definition) is 3. The molecule has 0 saturated heterocycles. The quantitative estimate of drug-likeness (QED) is 0.741. The number of rotatable bonds is 7. The molecule has 0 aromatic heterocycles. The number of amides is 2. The molecule has 0 fully saturated rings. The number of benzene rings is 2. The largest absolute Gasteiger partial charge is 0.496 e. The first-order valence-electron chi connectivity index (χ1n) is 8.77. The normalized spacial score (nSPS) is 10.9. The zero-order valence-electron chi connectivity index (χ0n) is 16.0. The van der Waals surface area contributed by atoms with E-state index in [1.807, 2.05) is 36.4 Å². The fraction of sp³-hybridized carbons (Fsp3) is 0.381. The molecular formula is C21H28N2O3. The Kier molecular flexibility index (Phi) is 6.89. The van der Waals surface area contributed by atoms with E-state index >= 15 is 0 Å². The van der Waals surface area contributed by atoms with Crippen LogP contribution in [-0.4, -0.2) is 26.3 Å². The van der Waals surface area contributed by atoms with Crippen LogP contribution < -0.4 is 20.1 Å². The molecule has 0 aliphatic carbocycles. The van der Waals surface area contributed by atoms with Crippen LogP contribution in [0.2, 0.25) is 0 Å². The highest BCUT2D eigenvalue weighted by Crippen LogP contribution is 2.24. The second kappa shape index (κ2) is 9.13. The minimum Gasteiger partial charge on any atom is -0.496 e. The number of ether oxygens (including phenoxy) is 2. The molecule has 140 valence electrons. The Labute approximate surface area is 155 Å². The van der Waals surface area contributed by atoms with Crippen LogP contribution in [0.4, 0.5) is 4.79 Å². The molecule has 0 saturated carbocycles. The van der Waals surface area contributed by atoms with Crippen molar-refractivity contribution in [3.05, 3.63) is 59.7 Å². The Morgan fingerprint density at radius 1 is 1.00 bits per heavy atom. The molecule has 26 heavy (non-hydrogen) atoms. The van der Waals surface area contributed by atoms with Gasteiger partial charge in [0.1, 0.15) is 18.1 Å². The summed E-state index contributed by atoms with van der Waals surface area (Å²) in [6, 6.07) is 15.4. The SMILES string of the molecule is COc1ccccc1CNC(=O)NCCOc1ccc(C(C)(C)C)cc1. The van der Waals surface area contributed by atoms with E-state index in [1.165, 1.54) is 5.56 Å². The first kappa shape index (κ1) is 19.6. The summed E-state index contributed by atoms with van der Waals surface area (Å²) in [4.78, 5) is 11.9. The monoisotopic (exact) mass is 356 g/mol. The third-order valence-electron chi connectivity index (χ3n) is 4.01. The highest BCUT2D eigenvalue weighted by molar-refractivity contribution is 5.73. The molecule has 2 N–H and O–H groups in total. The lowest BCUT2D eigenvalue weighted by Crippen LogP contribution is -2.37. The van der Waals surface area contributed by atoms with Crippen molar-refractivity contribution in [3.63, 3.8) is 0 Å². The van der Waals surface area contributed by atoms with Crippen molar-refractivity contribution in [1.82, 2.24) is 10.6 Å². The van der Waals surface area contributed by atoms with Crippen molar-refractivity contribution in [1.29, 1.82) is 0 Å². The van der Waals surface area contributed by atoms with Gasteiger partial charge in [0.2, 0.25) is 0 Å². The maximum Gasteiger partial charge on any atom is 0.315 e. The van der Waals surface area contributed by atoms with Crippen LogP contribution in [0, 0.1) is 0 Å². The third-order valence-corrected chi connectivity index (χ3v) is 4.01. The molecule has 0 spiro atoms. The van der Waals surface area contributed by atoms with Crippen LogP contribution in [-0.2, 0) is 12.0 Å². The van der Waals surface area contributed by atoms with Gasteiger partial charge in [0.25, 0.3) is 0 Å². The fourth-order valence-electron chi connectivity index (χ4n) is 2.47. The van der Waals surface area contributed by atoms with Crippen LogP contribution in [0.5, 0.6) is 11.5 Å². The van der Waals surface area contributed by atoms with Gasteiger partial charge in [-0.3, -0.25) is 0 Å². The van der Waals surface area contributed by atoms with E-state index in [0.29, 0.717) is 19.7 Å². The minimum absolute atomic E-state index is 0.125. The summed E-state index contributed by atoms with van der Waals surface area (Å²) in [6.07, 6.45) is 0. The van der Waals surface area contributed by atoms with Gasteiger partial charge < -0.3 is 20.1 Å². The lowest BCUT2D eigenvalue weighted by atomic mass is 9.87. The number of urea groups is 1. The summed E-state index contributed by atoms with van der Waals surface area (Å²) in [5, 5.41) is 5.59. The van der Waals surface area contributed by atoms with Crippen LogP contribution in [0.1, 0.15) is 31.9 Å². The standard InChI is InChI=1S/C21H28N2O3/c1-21(2,3)17-9-11-18(12-10-17)26-14-13-22-20(24)23-15-16-7-5-6-8-19(16)25-4/h5-12H,13-15H2,1-4H3,(H2,22,23,24). The van der Waals surface area contributed by atoms with Crippen LogP contribution in [0.15, 0.2) is 48.5 Å². The summed E-state index contributed by atoms with van der Waals surface area (Å²) >= 11 is 0. The topological polar surface area (TPSA) is 59.6 Å². The maximum absolute atomic E-state index is 11.9. The second-order valence-corrected chi connectivity index (χ2v) is 7.04. The molecule has 2 amide bonds. The summed E-state index contributed by atoms with van der Waals surface area (Å²) in [5.74, 6) is 1.56. The Morgan fingerprint density at radius 3 is 2.35 bits per heavy atom. The Balaban J connectivity index is 1.68. The van der Waals surface area contributed by atoms with Crippen molar-refractivity contribution in [2.24, 2.45) is 0 Å². The molecule has 0 aliphatic rings. The fourth-order valence-corrected chi connectivity index (χ4v) is 2.47. The Morgan fingerprint density at radius 2 is 1.69 bits per heavy atom. The summed E-state index contributed by atoms with van der Waals surface area (Å²) in [5.41, 5.74) is 2.32. The molecular weight excluding hydrogens is 328 g/mol. The highest BCUT2D eigenvalue weighted by Gasteiger charge is 2.12. The third kappa shape index (κ3) is 5.99. The van der Waals surface area contributed by atoms with Gasteiger partial charge in [-0.25, -0.2) is 4.79 Å². The van der Waals surface area contributed by atoms with E-state index in [0.717, 1.165) is 17.1 Å². The Hall–Kier alpha value is -2.69. The van der Waals surface area contributed by atoms with E-state index < -0.39 is 0 Å². The number of carbonyl (C=O) groups is 1. The van der Waals surface area contributed by atoms with E-state index in [4.69, 9.17) is 9.47 Å². The molecule has 2 aromatic carbocycles. The zero-order chi connectivity index (χ0) is 19.0. The molecule has 2 aromatic rings. The van der Waals surface area contributed by atoms with Crippen LogP contribution in [0.25, 0.3) is 0 Å². The van der Waals surface area contributed by atoms with Gasteiger partial charge >= 0.3 is 6.03 Å². The number of hydrogen-bond donors (Lipinski definition) is 2. The van der Waals surface area contributed by atoms with Gasteiger partial charge in [0.05, 0.1) is 13.7 Å². The summed E-state index contributed by atoms with van der Waals surface area (Å²) < 4.78 is 10.9. The van der Waals surface area contributed by atoms with Crippen molar-refractivity contribution in [2.45, 2.75) is 32.7 Å². The van der Waals surface area contributed by atoms with Crippen LogP contribution >= 0.6 is 0 Å². The first-order valence-corrected chi connectivity index (χ1v) is 8.77. The van der Waals surface area contributed by atoms with Gasteiger partial charge in [0.15, 0.2) is 0 Å². The highest BCUT2D eigenvalue weighted by atomic mass is 16.5. The van der Waals surface area contributed by atoms with Gasteiger partial charge in [-0.15, -0.1) is 0 Å². The van der Waals surface area contributed by atoms with Crippen molar-refractivity contribution in [2.75, 3.05) is 20.3 Å². The predicted octanol–water partition coefficient (Wildman–Crippen LogP) is 3.87. The number of methoxy groups -OCH3 is 1. The van der Waals surface area contributed by atoms with E-state index in [2.05, 4.69) is 43.5 Å². The molecule has 0 bridgehead atoms. The van der Waals surface area contributed by atoms with E-state index in [-0.39, 0.29) is 11.4 Å². The molecule has 0 atom stereocenters. The van der Waals surface area contributed by atoms with Crippen molar-refractivity contribution in [3.8, 4) is 11.5 Å². The lowest BCUT2D eigenvalue weighted by molar-refractivity contribution is 0.236. The van der Waals surface area contributed by atoms with Crippen molar-refractivity contribution >= 4 is 6.03 Å². The average molecular weight is 356 g/mol. The summed E-state index contributed by atoms with van der Waals surface area (Å²) in [7, 11) is 1.62. The number of nitrogens with one attached hydrogen (secondary N) is 2. The van der Waals surface area contributed by atoms with Gasteiger partial charge in [-0.1, -0.05) is 51.1 Å². The molecule has 5 nitrogen and oxygen atoms in total. The predicted molar refractivity (Wildman–Crippen MR) is 104 cm³/mol. The molecule has 0 heterocycles. The van der Waals surface area contributed by atoms with Gasteiger partial charge in [-0.2, -0.15) is 0 Å². The smallest absolute Gasteiger partial charge is 0.315 e. The van der Waals surface area contributed by atoms with Crippen LogP contribution in [0.3, 0.4) is 0 Å². The number of para-hydroxylation sites is 1. The zero-order valence-corrected chi connectivity index (χ0v) is 16.0. The molecule has 5 heteroatoms. The van der Waals surface area contributed by atoms with Gasteiger partial charge in [-0.05, 0) is 29.2 Å². The molecule has 0 radical (unpaired) electrons. The Bertz CT molecular complexity index is 706. The van der Waals surface area contributed by atoms with E-state index in [1.54, 1.807) is 7.11 Å². The van der Waals surface area contributed by atoms with E-state index in [9.17, 15) is 4.79 Å². The average Bonchev–Trinajstić information content (AvgIpc) is 2.63. The molecule has 0 unspecified atom stereocenters. The first-order chi connectivity index (χ1) is 12.4. The minimum atomic E-state index is -0.234. The molecule has 0 aliphatic heterocycles. The summed E-state index contributed by atoms with van der Waals surface area (Å²) in [6.45, 7) is 7.78. The molecule has 2 rings (SSSR count). The van der Waals surface area contributed by atoms with Crippen molar-refractivity contribution < 1.29 is 14.3 Å².